The molecule has 24 heavy (non-hydrogen) atoms. The number of nitrogens with zero attached hydrogens (tertiary/aromatic N) is 1. The molecule has 0 aliphatic heterocycles. The number of likely N-dealkylation sites (N-methyl/N-ethyl adjacent to an activating group) is 1. The topological polar surface area (TPSA) is 72.5 Å². The molecule has 2 rings (SSSR count). The van der Waals surface area contributed by atoms with Crippen LogP contribution in [0.5, 0.6) is 17.4 Å². The van der Waals surface area contributed by atoms with Crippen molar-refractivity contribution < 1.29 is 14.3 Å². The van der Waals surface area contributed by atoms with Gasteiger partial charge in [0.05, 0.1) is 13.2 Å². The Morgan fingerprint density at radius 3 is 2.62 bits per heavy atom. The van der Waals surface area contributed by atoms with Gasteiger partial charge in [-0.15, -0.1) is 0 Å². The second kappa shape index (κ2) is 9.52. The van der Waals surface area contributed by atoms with Gasteiger partial charge >= 0.3 is 0 Å². The third-order valence-corrected chi connectivity index (χ3v) is 3.17. The van der Waals surface area contributed by atoms with Crippen LogP contribution in [0.4, 0.5) is 0 Å². The van der Waals surface area contributed by atoms with E-state index < -0.39 is 0 Å². The third kappa shape index (κ3) is 5.55. The Balaban J connectivity index is 2.00. The molecule has 0 bridgehead atoms. The SMILES string of the molecule is CCCOc1ccc(Oc2ncccc2CNC(=O)CNC)cc1. The molecule has 6 nitrogen and oxygen atoms in total. The highest BCUT2D eigenvalue weighted by Gasteiger charge is 2.08. The van der Waals surface area contributed by atoms with E-state index in [2.05, 4.69) is 22.5 Å². The maximum absolute atomic E-state index is 11.6. The Bertz CT molecular complexity index is 644. The molecule has 0 fully saturated rings. The molecule has 0 saturated carbocycles. The van der Waals surface area contributed by atoms with Crippen LogP contribution in [0.3, 0.4) is 0 Å². The molecule has 0 radical (unpaired) electrons. The molecule has 0 spiro atoms. The maximum Gasteiger partial charge on any atom is 0.234 e. The van der Waals surface area contributed by atoms with Gasteiger partial charge in [0, 0.05) is 18.3 Å². The van der Waals surface area contributed by atoms with Crippen LogP contribution in [-0.2, 0) is 11.3 Å². The summed E-state index contributed by atoms with van der Waals surface area (Å²) in [6, 6.07) is 11.1. The third-order valence-electron chi connectivity index (χ3n) is 3.17. The number of nitrogens with one attached hydrogen (secondary N) is 2. The predicted molar refractivity (Wildman–Crippen MR) is 92.3 cm³/mol. The normalized spacial score (nSPS) is 10.2. The first-order valence-corrected chi connectivity index (χ1v) is 7.99. The summed E-state index contributed by atoms with van der Waals surface area (Å²) in [6.45, 7) is 3.39. The Morgan fingerprint density at radius 1 is 1.17 bits per heavy atom. The monoisotopic (exact) mass is 329 g/mol. The molecular weight excluding hydrogens is 306 g/mol. The molecule has 1 aromatic heterocycles. The zero-order valence-corrected chi connectivity index (χ0v) is 14.0. The van der Waals surface area contributed by atoms with Crippen LogP contribution in [0.1, 0.15) is 18.9 Å². The van der Waals surface area contributed by atoms with Gasteiger partial charge in [0.1, 0.15) is 11.5 Å². The van der Waals surface area contributed by atoms with Crippen molar-refractivity contribution in [1.82, 2.24) is 15.6 Å². The fraction of sp³-hybridized carbons (Fsp3) is 0.333. The molecule has 6 heteroatoms. The minimum Gasteiger partial charge on any atom is -0.494 e. The standard InChI is InChI=1S/C18H23N3O3/c1-3-11-23-15-6-8-16(9-7-15)24-18-14(5-4-10-20-18)12-21-17(22)13-19-2/h4-10,19H,3,11-13H2,1-2H3,(H,21,22). The number of ether oxygens (including phenoxy) is 2. The van der Waals surface area contributed by atoms with Crippen molar-refractivity contribution in [3.63, 3.8) is 0 Å². The average molecular weight is 329 g/mol. The van der Waals surface area contributed by atoms with Crippen LogP contribution >= 0.6 is 0 Å². The zero-order valence-electron chi connectivity index (χ0n) is 14.0. The quantitative estimate of drug-likeness (QED) is 0.739. The van der Waals surface area contributed by atoms with Gasteiger partial charge in [-0.2, -0.15) is 0 Å². The summed E-state index contributed by atoms with van der Waals surface area (Å²) < 4.78 is 11.4. The first-order chi connectivity index (χ1) is 11.7. The molecular formula is C18H23N3O3. The Morgan fingerprint density at radius 2 is 1.92 bits per heavy atom. The van der Waals surface area contributed by atoms with Crippen molar-refractivity contribution in [3.8, 4) is 17.4 Å². The number of amides is 1. The Labute approximate surface area is 142 Å². The summed E-state index contributed by atoms with van der Waals surface area (Å²) in [5.41, 5.74) is 0.813. The van der Waals surface area contributed by atoms with E-state index in [0.29, 0.717) is 24.8 Å². The van der Waals surface area contributed by atoms with E-state index in [9.17, 15) is 4.79 Å². The Hall–Kier alpha value is -2.60. The van der Waals surface area contributed by atoms with Crippen molar-refractivity contribution in [2.45, 2.75) is 19.9 Å². The van der Waals surface area contributed by atoms with Gasteiger partial charge in [-0.05, 0) is 43.8 Å². The molecule has 0 aliphatic carbocycles. The lowest BCUT2D eigenvalue weighted by Gasteiger charge is -2.11. The molecule has 1 amide bonds. The lowest BCUT2D eigenvalue weighted by Crippen LogP contribution is -2.31. The first kappa shape index (κ1) is 17.7. The number of hydrogen-bond donors (Lipinski definition) is 2. The maximum atomic E-state index is 11.6. The molecule has 0 unspecified atom stereocenters. The largest absolute Gasteiger partial charge is 0.494 e. The number of benzene rings is 1. The van der Waals surface area contributed by atoms with Gasteiger partial charge in [0.2, 0.25) is 11.8 Å². The van der Waals surface area contributed by atoms with Crippen molar-refractivity contribution in [1.29, 1.82) is 0 Å². The molecule has 1 aromatic carbocycles. The lowest BCUT2D eigenvalue weighted by molar-refractivity contribution is -0.120. The zero-order chi connectivity index (χ0) is 17.2. The van der Waals surface area contributed by atoms with E-state index in [-0.39, 0.29) is 12.5 Å². The van der Waals surface area contributed by atoms with E-state index in [4.69, 9.17) is 9.47 Å². The highest BCUT2D eigenvalue weighted by atomic mass is 16.5. The summed E-state index contributed by atoms with van der Waals surface area (Å²) in [7, 11) is 1.73. The summed E-state index contributed by atoms with van der Waals surface area (Å²) >= 11 is 0. The molecule has 1 heterocycles. The van der Waals surface area contributed by atoms with Crippen LogP contribution in [0.15, 0.2) is 42.6 Å². The van der Waals surface area contributed by atoms with Crippen LogP contribution in [0.2, 0.25) is 0 Å². The summed E-state index contributed by atoms with van der Waals surface area (Å²) in [5.74, 6) is 1.87. The number of aromatic nitrogens is 1. The molecule has 128 valence electrons. The predicted octanol–water partition coefficient (Wildman–Crippen LogP) is 2.50. The highest BCUT2D eigenvalue weighted by molar-refractivity contribution is 5.77. The van der Waals surface area contributed by atoms with Gasteiger partial charge in [-0.25, -0.2) is 4.98 Å². The fourth-order valence-electron chi connectivity index (χ4n) is 2.00. The van der Waals surface area contributed by atoms with Crippen LogP contribution in [-0.4, -0.2) is 31.1 Å². The fourth-order valence-corrected chi connectivity index (χ4v) is 2.00. The second-order valence-corrected chi connectivity index (χ2v) is 5.20. The molecule has 0 aliphatic rings. The first-order valence-electron chi connectivity index (χ1n) is 7.99. The van der Waals surface area contributed by atoms with E-state index in [1.807, 2.05) is 36.4 Å². The van der Waals surface area contributed by atoms with Crippen LogP contribution in [0.25, 0.3) is 0 Å². The minimum atomic E-state index is -0.0790. The second-order valence-electron chi connectivity index (χ2n) is 5.20. The molecule has 0 atom stereocenters. The van der Waals surface area contributed by atoms with Crippen LogP contribution < -0.4 is 20.1 Å². The van der Waals surface area contributed by atoms with Gasteiger partial charge in [0.25, 0.3) is 0 Å². The van der Waals surface area contributed by atoms with Gasteiger partial charge in [-0.1, -0.05) is 13.0 Å². The van der Waals surface area contributed by atoms with E-state index in [1.54, 1.807) is 13.2 Å². The molecule has 0 saturated heterocycles. The Kier molecular flexibility index (Phi) is 7.04. The smallest absolute Gasteiger partial charge is 0.234 e. The van der Waals surface area contributed by atoms with E-state index in [1.165, 1.54) is 0 Å². The number of carbonyl (C=O) groups excluding carboxylic acids is 1. The van der Waals surface area contributed by atoms with Crippen molar-refractivity contribution >= 4 is 5.91 Å². The van der Waals surface area contributed by atoms with Crippen molar-refractivity contribution in [2.75, 3.05) is 20.2 Å². The highest BCUT2D eigenvalue weighted by Crippen LogP contribution is 2.25. The van der Waals surface area contributed by atoms with E-state index in [0.717, 1.165) is 17.7 Å². The van der Waals surface area contributed by atoms with Gasteiger partial charge in [0.15, 0.2) is 0 Å². The summed E-state index contributed by atoms with van der Waals surface area (Å²) in [4.78, 5) is 15.8. The summed E-state index contributed by atoms with van der Waals surface area (Å²) in [6.07, 6.45) is 2.63. The van der Waals surface area contributed by atoms with Crippen LogP contribution in [0, 0.1) is 0 Å². The number of rotatable bonds is 9. The van der Waals surface area contributed by atoms with Crippen molar-refractivity contribution in [2.24, 2.45) is 0 Å². The minimum absolute atomic E-state index is 0.0790. The van der Waals surface area contributed by atoms with E-state index >= 15 is 0 Å². The number of hydrogen-bond acceptors (Lipinski definition) is 5. The number of pyridine rings is 1. The molecule has 2 aromatic rings. The number of carbonyl (C=O) groups is 1. The van der Waals surface area contributed by atoms with Gasteiger partial charge < -0.3 is 20.1 Å². The average Bonchev–Trinajstić information content (AvgIpc) is 2.61. The van der Waals surface area contributed by atoms with Gasteiger partial charge in [-0.3, -0.25) is 4.79 Å². The summed E-state index contributed by atoms with van der Waals surface area (Å²) in [5, 5.41) is 5.62. The van der Waals surface area contributed by atoms with Crippen molar-refractivity contribution in [3.05, 3.63) is 48.2 Å². The lowest BCUT2D eigenvalue weighted by atomic mass is 10.2. The molecule has 2 N–H and O–H groups in total.